The fraction of sp³-hybridized carbons (Fsp3) is 0.692. The summed E-state index contributed by atoms with van der Waals surface area (Å²) < 4.78 is 5.80. The second-order valence-corrected chi connectivity index (χ2v) is 5.46. The van der Waals surface area contributed by atoms with Crippen molar-refractivity contribution in [3.8, 4) is 0 Å². The molecule has 1 amide bonds. The zero-order valence-corrected chi connectivity index (χ0v) is 10.5. The van der Waals surface area contributed by atoms with E-state index < -0.39 is 29.5 Å². The number of ether oxygens (including phenoxy) is 1. The van der Waals surface area contributed by atoms with Crippen molar-refractivity contribution < 1.29 is 19.4 Å². The number of carbonyl (C=O) groups is 2. The topological polar surface area (TPSA) is 66.8 Å². The van der Waals surface area contributed by atoms with Crippen molar-refractivity contribution in [3.63, 3.8) is 0 Å². The van der Waals surface area contributed by atoms with Gasteiger partial charge >= 0.3 is 5.97 Å². The maximum atomic E-state index is 12.4. The number of amides is 1. The fourth-order valence-electron chi connectivity index (χ4n) is 3.40. The van der Waals surface area contributed by atoms with Crippen LogP contribution < -0.4 is 0 Å². The Bertz CT molecular complexity index is 446. The Morgan fingerprint density at radius 1 is 1.72 bits per heavy atom. The molecule has 0 saturated carbocycles. The largest absolute Gasteiger partial charge is 0.481 e. The average molecular weight is 251 g/mol. The zero-order valence-electron chi connectivity index (χ0n) is 10.5. The van der Waals surface area contributed by atoms with Crippen molar-refractivity contribution in [2.75, 3.05) is 6.54 Å². The van der Waals surface area contributed by atoms with Crippen molar-refractivity contribution in [3.05, 3.63) is 12.2 Å². The summed E-state index contributed by atoms with van der Waals surface area (Å²) in [6, 6.07) is 0.128. The molecule has 5 atom stereocenters. The van der Waals surface area contributed by atoms with Gasteiger partial charge in [-0.2, -0.15) is 0 Å². The minimum absolute atomic E-state index is 0.0661. The Labute approximate surface area is 105 Å². The van der Waals surface area contributed by atoms with Gasteiger partial charge in [0.2, 0.25) is 5.91 Å². The highest BCUT2D eigenvalue weighted by atomic mass is 16.5. The highest BCUT2D eigenvalue weighted by Crippen LogP contribution is 2.52. The molecule has 0 radical (unpaired) electrons. The maximum absolute atomic E-state index is 12.4. The molecule has 0 aromatic heterocycles. The lowest BCUT2D eigenvalue weighted by molar-refractivity contribution is -0.148. The highest BCUT2D eigenvalue weighted by Gasteiger charge is 2.67. The van der Waals surface area contributed by atoms with Gasteiger partial charge in [-0.25, -0.2) is 0 Å². The Kier molecular flexibility index (Phi) is 2.32. The average Bonchev–Trinajstić information content (AvgIpc) is 2.96. The summed E-state index contributed by atoms with van der Waals surface area (Å²) in [5.41, 5.74) is -0.686. The predicted molar refractivity (Wildman–Crippen MR) is 62.8 cm³/mol. The Balaban J connectivity index is 1.97. The molecule has 1 spiro atoms. The van der Waals surface area contributed by atoms with Gasteiger partial charge in [-0.15, -0.1) is 0 Å². The normalized spacial score (nSPS) is 42.4. The molecule has 18 heavy (non-hydrogen) atoms. The molecule has 5 heteroatoms. The number of likely N-dealkylation sites (tertiary alicyclic amines) is 1. The van der Waals surface area contributed by atoms with E-state index in [1.807, 2.05) is 19.9 Å². The van der Waals surface area contributed by atoms with E-state index in [4.69, 9.17) is 4.74 Å². The van der Waals surface area contributed by atoms with Crippen LogP contribution in [-0.2, 0) is 14.3 Å². The van der Waals surface area contributed by atoms with Crippen LogP contribution in [0.25, 0.3) is 0 Å². The minimum atomic E-state index is -0.935. The van der Waals surface area contributed by atoms with Crippen LogP contribution in [0.1, 0.15) is 20.3 Å². The summed E-state index contributed by atoms with van der Waals surface area (Å²) >= 11 is 0. The number of hydrogen-bond acceptors (Lipinski definition) is 3. The zero-order chi connectivity index (χ0) is 13.1. The van der Waals surface area contributed by atoms with Crippen LogP contribution in [0, 0.1) is 11.8 Å². The first kappa shape index (κ1) is 11.7. The van der Waals surface area contributed by atoms with Crippen LogP contribution in [0.3, 0.4) is 0 Å². The van der Waals surface area contributed by atoms with Crippen LogP contribution in [0.15, 0.2) is 12.2 Å². The van der Waals surface area contributed by atoms with E-state index in [-0.39, 0.29) is 11.9 Å². The van der Waals surface area contributed by atoms with Crippen LogP contribution in [0.5, 0.6) is 0 Å². The molecule has 2 bridgehead atoms. The molecule has 0 aromatic rings. The molecule has 0 aromatic carbocycles. The number of hydrogen-bond donors (Lipinski definition) is 1. The van der Waals surface area contributed by atoms with Gasteiger partial charge in [0.25, 0.3) is 0 Å². The summed E-state index contributed by atoms with van der Waals surface area (Å²) in [5, 5.41) is 9.29. The van der Waals surface area contributed by atoms with Gasteiger partial charge in [-0.05, 0) is 13.3 Å². The molecule has 3 aliphatic heterocycles. The van der Waals surface area contributed by atoms with Gasteiger partial charge in [0.15, 0.2) is 0 Å². The summed E-state index contributed by atoms with van der Waals surface area (Å²) in [7, 11) is 0. The number of aliphatic carboxylic acids is 1. The molecule has 3 aliphatic rings. The van der Waals surface area contributed by atoms with Crippen molar-refractivity contribution in [2.24, 2.45) is 11.8 Å². The molecule has 2 saturated heterocycles. The molecular formula is C13H17NO4. The molecule has 0 aliphatic carbocycles. The fourth-order valence-corrected chi connectivity index (χ4v) is 3.40. The number of carbonyl (C=O) groups excluding carboxylic acids is 1. The van der Waals surface area contributed by atoms with E-state index in [1.54, 1.807) is 11.0 Å². The quantitative estimate of drug-likeness (QED) is 0.748. The van der Waals surface area contributed by atoms with E-state index in [0.29, 0.717) is 6.54 Å². The molecule has 3 rings (SSSR count). The maximum Gasteiger partial charge on any atom is 0.310 e. The van der Waals surface area contributed by atoms with Gasteiger partial charge in [-0.3, -0.25) is 9.59 Å². The SMILES string of the molecule is CC[C@@H](C)N1C[C@@]23C=C[C@@H](O2)[C@H](C(=O)O)[C@@H]3C1=O. The van der Waals surface area contributed by atoms with E-state index in [9.17, 15) is 14.7 Å². The Morgan fingerprint density at radius 2 is 2.44 bits per heavy atom. The van der Waals surface area contributed by atoms with Crippen molar-refractivity contribution in [1.82, 2.24) is 4.90 Å². The van der Waals surface area contributed by atoms with E-state index in [2.05, 4.69) is 0 Å². The van der Waals surface area contributed by atoms with Gasteiger partial charge in [0.1, 0.15) is 11.5 Å². The summed E-state index contributed by atoms with van der Waals surface area (Å²) in [5.74, 6) is -2.27. The number of nitrogens with zero attached hydrogens (tertiary/aromatic N) is 1. The standard InChI is InChI=1S/C13H17NO4/c1-3-7(2)14-6-13-5-4-8(18-13)9(12(16)17)10(13)11(14)15/h4-5,7-10H,3,6H2,1-2H3,(H,16,17)/t7-,8-,9+,10-,13-/m1/s1. The number of carboxylic acid groups (broad SMARTS) is 1. The van der Waals surface area contributed by atoms with Crippen molar-refractivity contribution >= 4 is 11.9 Å². The van der Waals surface area contributed by atoms with Crippen molar-refractivity contribution in [1.29, 1.82) is 0 Å². The second kappa shape index (κ2) is 3.57. The lowest BCUT2D eigenvalue weighted by atomic mass is 9.77. The lowest BCUT2D eigenvalue weighted by Gasteiger charge is -2.26. The van der Waals surface area contributed by atoms with E-state index >= 15 is 0 Å². The minimum Gasteiger partial charge on any atom is -0.481 e. The molecule has 0 unspecified atom stereocenters. The number of rotatable bonds is 3. The van der Waals surface area contributed by atoms with Crippen LogP contribution in [0.4, 0.5) is 0 Å². The highest BCUT2D eigenvalue weighted by molar-refractivity contribution is 5.90. The second-order valence-electron chi connectivity index (χ2n) is 5.46. The molecule has 3 heterocycles. The molecule has 5 nitrogen and oxygen atoms in total. The van der Waals surface area contributed by atoms with Gasteiger partial charge < -0.3 is 14.7 Å². The lowest BCUT2D eigenvalue weighted by Crippen LogP contribution is -2.40. The Morgan fingerprint density at radius 3 is 3.06 bits per heavy atom. The van der Waals surface area contributed by atoms with Gasteiger partial charge in [-0.1, -0.05) is 19.1 Å². The predicted octanol–water partition coefficient (Wildman–Crippen LogP) is 0.651. The van der Waals surface area contributed by atoms with Crippen LogP contribution in [0.2, 0.25) is 0 Å². The summed E-state index contributed by atoms with van der Waals surface area (Å²) in [4.78, 5) is 25.5. The monoisotopic (exact) mass is 251 g/mol. The third-order valence-corrected chi connectivity index (χ3v) is 4.54. The molecule has 1 N–H and O–H groups in total. The first-order valence-electron chi connectivity index (χ1n) is 6.40. The van der Waals surface area contributed by atoms with Crippen LogP contribution in [-0.4, -0.2) is 46.2 Å². The van der Waals surface area contributed by atoms with E-state index in [1.165, 1.54) is 0 Å². The summed E-state index contributed by atoms with van der Waals surface area (Å²) in [6.07, 6.45) is 4.11. The van der Waals surface area contributed by atoms with Gasteiger partial charge in [0, 0.05) is 6.04 Å². The number of carboxylic acids is 1. The third kappa shape index (κ3) is 1.25. The van der Waals surface area contributed by atoms with Gasteiger partial charge in [0.05, 0.1) is 18.6 Å². The number of fused-ring (bicyclic) bond motifs is 1. The van der Waals surface area contributed by atoms with Crippen LogP contribution >= 0.6 is 0 Å². The first-order valence-corrected chi connectivity index (χ1v) is 6.40. The summed E-state index contributed by atoms with van der Waals surface area (Å²) in [6.45, 7) is 4.50. The van der Waals surface area contributed by atoms with E-state index in [0.717, 1.165) is 6.42 Å². The van der Waals surface area contributed by atoms with Crippen molar-refractivity contribution in [2.45, 2.75) is 38.0 Å². The Hall–Kier alpha value is -1.36. The first-order chi connectivity index (χ1) is 8.50. The molecular weight excluding hydrogens is 234 g/mol. The smallest absolute Gasteiger partial charge is 0.310 e. The molecule has 2 fully saturated rings. The molecule has 98 valence electrons. The third-order valence-electron chi connectivity index (χ3n) is 4.54.